The van der Waals surface area contributed by atoms with Crippen molar-refractivity contribution in [3.05, 3.63) is 29.5 Å². The number of benzene rings is 1. The molecule has 0 saturated heterocycles. The number of aryl methyl sites for hydroxylation is 2. The molecule has 1 N–H and O–H groups in total. The van der Waals surface area contributed by atoms with Gasteiger partial charge in [-0.2, -0.15) is 5.10 Å². The average Bonchev–Trinajstić information content (AvgIpc) is 2.85. The summed E-state index contributed by atoms with van der Waals surface area (Å²) in [5.41, 5.74) is 4.82. The summed E-state index contributed by atoms with van der Waals surface area (Å²) in [4.78, 5) is 0. The van der Waals surface area contributed by atoms with Gasteiger partial charge >= 0.3 is 0 Å². The van der Waals surface area contributed by atoms with Crippen molar-refractivity contribution in [2.75, 3.05) is 14.2 Å². The van der Waals surface area contributed by atoms with Crippen LogP contribution in [0.15, 0.2) is 18.3 Å². The smallest absolute Gasteiger partial charge is 0.161 e. The zero-order valence-electron chi connectivity index (χ0n) is 9.91. The van der Waals surface area contributed by atoms with Gasteiger partial charge in [-0.05, 0) is 36.1 Å². The molecule has 0 saturated carbocycles. The molecule has 1 aliphatic carbocycles. The Morgan fingerprint density at radius 3 is 2.53 bits per heavy atom. The van der Waals surface area contributed by atoms with Crippen molar-refractivity contribution in [2.24, 2.45) is 0 Å². The van der Waals surface area contributed by atoms with Gasteiger partial charge in [-0.3, -0.25) is 5.10 Å². The molecule has 0 atom stereocenters. The number of ether oxygens (including phenoxy) is 2. The number of nitrogens with zero attached hydrogens (tertiary/aromatic N) is 1. The molecule has 0 bridgehead atoms. The van der Waals surface area contributed by atoms with Gasteiger partial charge in [-0.15, -0.1) is 0 Å². The zero-order chi connectivity index (χ0) is 11.8. The number of aromatic nitrogens is 2. The highest BCUT2D eigenvalue weighted by Gasteiger charge is 2.20. The fourth-order valence-electron chi connectivity index (χ4n) is 2.36. The van der Waals surface area contributed by atoms with E-state index in [9.17, 15) is 0 Å². The van der Waals surface area contributed by atoms with E-state index in [-0.39, 0.29) is 0 Å². The van der Waals surface area contributed by atoms with E-state index in [0.29, 0.717) is 0 Å². The standard InChI is InChI=1S/C13H14N2O2/c1-16-11-5-8-3-4-9-7-14-15-13(9)10(8)6-12(11)17-2/h5-7H,3-4H2,1-2H3,(H,14,15). The highest BCUT2D eigenvalue weighted by atomic mass is 16.5. The van der Waals surface area contributed by atoms with Crippen LogP contribution in [0.1, 0.15) is 11.1 Å². The topological polar surface area (TPSA) is 47.1 Å². The Balaban J connectivity index is 2.20. The van der Waals surface area contributed by atoms with Gasteiger partial charge in [0.1, 0.15) is 0 Å². The largest absolute Gasteiger partial charge is 0.493 e. The molecule has 0 fully saturated rings. The molecule has 1 heterocycles. The van der Waals surface area contributed by atoms with Crippen LogP contribution in [0.25, 0.3) is 11.3 Å². The summed E-state index contributed by atoms with van der Waals surface area (Å²) in [5.74, 6) is 1.54. The summed E-state index contributed by atoms with van der Waals surface area (Å²) < 4.78 is 10.7. The molecule has 3 rings (SSSR count). The molecule has 0 unspecified atom stereocenters. The van der Waals surface area contributed by atoms with Crippen molar-refractivity contribution in [3.63, 3.8) is 0 Å². The maximum atomic E-state index is 5.33. The molecule has 4 nitrogen and oxygen atoms in total. The number of nitrogens with one attached hydrogen (secondary N) is 1. The third kappa shape index (κ3) is 1.48. The first kappa shape index (κ1) is 10.2. The van der Waals surface area contributed by atoms with Crippen LogP contribution in [-0.4, -0.2) is 24.4 Å². The quantitative estimate of drug-likeness (QED) is 0.860. The van der Waals surface area contributed by atoms with Crippen LogP contribution in [0.2, 0.25) is 0 Å². The fourth-order valence-corrected chi connectivity index (χ4v) is 2.36. The van der Waals surface area contributed by atoms with Crippen molar-refractivity contribution >= 4 is 0 Å². The molecule has 17 heavy (non-hydrogen) atoms. The molecule has 0 amide bonds. The average molecular weight is 230 g/mol. The normalized spacial score (nSPS) is 12.8. The third-order valence-corrected chi connectivity index (χ3v) is 3.26. The van der Waals surface area contributed by atoms with E-state index in [1.807, 2.05) is 12.3 Å². The van der Waals surface area contributed by atoms with Crippen LogP contribution < -0.4 is 9.47 Å². The number of fused-ring (bicyclic) bond motifs is 3. The summed E-state index contributed by atoms with van der Waals surface area (Å²) in [6.45, 7) is 0. The number of methoxy groups -OCH3 is 2. The molecule has 1 aromatic heterocycles. The van der Waals surface area contributed by atoms with Crippen LogP contribution in [0.3, 0.4) is 0 Å². The van der Waals surface area contributed by atoms with Crippen molar-refractivity contribution in [1.82, 2.24) is 10.2 Å². The van der Waals surface area contributed by atoms with E-state index in [1.54, 1.807) is 14.2 Å². The summed E-state index contributed by atoms with van der Waals surface area (Å²) in [6.07, 6.45) is 3.94. The van der Waals surface area contributed by atoms with E-state index in [0.717, 1.165) is 30.0 Å². The molecule has 2 aromatic rings. The fraction of sp³-hybridized carbons (Fsp3) is 0.308. The van der Waals surface area contributed by atoms with E-state index in [4.69, 9.17) is 9.47 Å². The van der Waals surface area contributed by atoms with Crippen molar-refractivity contribution in [2.45, 2.75) is 12.8 Å². The van der Waals surface area contributed by atoms with Crippen molar-refractivity contribution in [3.8, 4) is 22.8 Å². The van der Waals surface area contributed by atoms with Gasteiger partial charge in [-0.1, -0.05) is 0 Å². The number of hydrogen-bond donors (Lipinski definition) is 1. The SMILES string of the molecule is COc1cc2c(cc1OC)-c1[nH]ncc1CC2. The van der Waals surface area contributed by atoms with E-state index >= 15 is 0 Å². The van der Waals surface area contributed by atoms with Crippen LogP contribution in [-0.2, 0) is 12.8 Å². The first-order valence-corrected chi connectivity index (χ1v) is 5.61. The summed E-state index contributed by atoms with van der Waals surface area (Å²) in [7, 11) is 3.32. The van der Waals surface area contributed by atoms with Gasteiger partial charge in [0.15, 0.2) is 11.5 Å². The highest BCUT2D eigenvalue weighted by Crippen LogP contribution is 2.39. The lowest BCUT2D eigenvalue weighted by Crippen LogP contribution is -2.04. The molecule has 1 aromatic carbocycles. The van der Waals surface area contributed by atoms with Crippen LogP contribution in [0.4, 0.5) is 0 Å². The number of rotatable bonds is 2. The molecule has 1 aliphatic rings. The van der Waals surface area contributed by atoms with Crippen LogP contribution in [0.5, 0.6) is 11.5 Å². The Hall–Kier alpha value is -1.97. The molecule has 0 aliphatic heterocycles. The Morgan fingerprint density at radius 1 is 1.06 bits per heavy atom. The van der Waals surface area contributed by atoms with Crippen LogP contribution in [0, 0.1) is 0 Å². The second-order valence-corrected chi connectivity index (χ2v) is 4.13. The monoisotopic (exact) mass is 230 g/mol. The highest BCUT2D eigenvalue weighted by molar-refractivity contribution is 5.72. The first-order chi connectivity index (χ1) is 8.33. The Bertz CT molecular complexity index is 561. The minimum atomic E-state index is 0.758. The molecular formula is C13H14N2O2. The summed E-state index contributed by atoms with van der Waals surface area (Å²) in [6, 6.07) is 4.07. The van der Waals surface area contributed by atoms with Gasteiger partial charge in [0.2, 0.25) is 0 Å². The lowest BCUT2D eigenvalue weighted by molar-refractivity contribution is 0.354. The maximum Gasteiger partial charge on any atom is 0.161 e. The van der Waals surface area contributed by atoms with Gasteiger partial charge in [-0.25, -0.2) is 0 Å². The molecule has 0 spiro atoms. The van der Waals surface area contributed by atoms with Crippen LogP contribution >= 0.6 is 0 Å². The Morgan fingerprint density at radius 2 is 1.76 bits per heavy atom. The predicted molar refractivity (Wildman–Crippen MR) is 64.5 cm³/mol. The van der Waals surface area contributed by atoms with Gasteiger partial charge in [0.25, 0.3) is 0 Å². The third-order valence-electron chi connectivity index (χ3n) is 3.26. The van der Waals surface area contributed by atoms with Crippen molar-refractivity contribution < 1.29 is 9.47 Å². The van der Waals surface area contributed by atoms with Gasteiger partial charge < -0.3 is 9.47 Å². The number of aromatic amines is 1. The molecular weight excluding hydrogens is 216 g/mol. The first-order valence-electron chi connectivity index (χ1n) is 5.61. The lowest BCUT2D eigenvalue weighted by atomic mass is 9.90. The maximum absolute atomic E-state index is 5.33. The van der Waals surface area contributed by atoms with E-state index < -0.39 is 0 Å². The number of hydrogen-bond acceptors (Lipinski definition) is 3. The summed E-state index contributed by atoms with van der Waals surface area (Å²) in [5, 5.41) is 7.16. The molecule has 4 heteroatoms. The van der Waals surface area contributed by atoms with Gasteiger partial charge in [0, 0.05) is 5.56 Å². The lowest BCUT2D eigenvalue weighted by Gasteiger charge is -2.18. The molecule has 88 valence electrons. The second-order valence-electron chi connectivity index (χ2n) is 4.13. The minimum absolute atomic E-state index is 0.758. The number of H-pyrrole nitrogens is 1. The Labute approximate surface area is 99.6 Å². The van der Waals surface area contributed by atoms with E-state index in [2.05, 4.69) is 16.3 Å². The predicted octanol–water partition coefficient (Wildman–Crippen LogP) is 2.19. The summed E-state index contributed by atoms with van der Waals surface area (Å²) >= 11 is 0. The minimum Gasteiger partial charge on any atom is -0.493 e. The Kier molecular flexibility index (Phi) is 2.28. The van der Waals surface area contributed by atoms with Crippen molar-refractivity contribution in [1.29, 1.82) is 0 Å². The molecule has 0 radical (unpaired) electrons. The van der Waals surface area contributed by atoms with E-state index in [1.165, 1.54) is 16.7 Å². The van der Waals surface area contributed by atoms with Gasteiger partial charge in [0.05, 0.1) is 26.1 Å². The zero-order valence-corrected chi connectivity index (χ0v) is 9.91. The second kappa shape index (κ2) is 3.80.